The molecule has 0 radical (unpaired) electrons. The molecular formula is C28H20BrNO6. The maximum Gasteiger partial charge on any atom is 0.340 e. The molecule has 3 aromatic carbocycles. The van der Waals surface area contributed by atoms with Gasteiger partial charge < -0.3 is 19.3 Å². The van der Waals surface area contributed by atoms with Gasteiger partial charge in [-0.3, -0.25) is 4.79 Å². The third-order valence-corrected chi connectivity index (χ3v) is 6.69. The van der Waals surface area contributed by atoms with Gasteiger partial charge in [0.05, 0.1) is 18.2 Å². The van der Waals surface area contributed by atoms with Crippen molar-refractivity contribution < 1.29 is 23.5 Å². The van der Waals surface area contributed by atoms with Gasteiger partial charge in [0.2, 0.25) is 5.91 Å². The molecule has 0 spiro atoms. The highest BCUT2D eigenvalue weighted by Crippen LogP contribution is 2.35. The fourth-order valence-electron chi connectivity index (χ4n) is 4.27. The number of aryl methyl sites for hydroxylation is 1. The van der Waals surface area contributed by atoms with Crippen LogP contribution in [0.3, 0.4) is 0 Å². The number of fused-ring (bicyclic) bond motifs is 2. The predicted octanol–water partition coefficient (Wildman–Crippen LogP) is 5.76. The molecule has 2 heterocycles. The van der Waals surface area contributed by atoms with E-state index >= 15 is 0 Å². The van der Waals surface area contributed by atoms with Crippen LogP contribution < -0.4 is 10.9 Å². The average Bonchev–Trinajstić information content (AvgIpc) is 3.27. The van der Waals surface area contributed by atoms with Crippen molar-refractivity contribution in [1.29, 1.82) is 0 Å². The van der Waals surface area contributed by atoms with Crippen molar-refractivity contribution in [2.45, 2.75) is 19.4 Å². The van der Waals surface area contributed by atoms with Gasteiger partial charge in [-0.15, -0.1) is 0 Å². The molecule has 2 aromatic heterocycles. The van der Waals surface area contributed by atoms with Gasteiger partial charge in [-0.1, -0.05) is 58.4 Å². The van der Waals surface area contributed by atoms with E-state index < -0.39 is 23.5 Å². The number of carbonyl (C=O) groups is 2. The van der Waals surface area contributed by atoms with E-state index in [9.17, 15) is 19.5 Å². The van der Waals surface area contributed by atoms with Gasteiger partial charge in [0.1, 0.15) is 11.2 Å². The van der Waals surface area contributed by atoms with Crippen LogP contribution in [0.2, 0.25) is 0 Å². The summed E-state index contributed by atoms with van der Waals surface area (Å²) in [5, 5.41) is 13.6. The number of carboxylic acid groups (broad SMARTS) is 1. The molecule has 0 bridgehead atoms. The maximum atomic E-state index is 12.8. The molecule has 5 aromatic rings. The van der Waals surface area contributed by atoms with Crippen LogP contribution in [0.5, 0.6) is 0 Å². The first kappa shape index (κ1) is 23.6. The Balaban J connectivity index is 1.51. The van der Waals surface area contributed by atoms with E-state index in [2.05, 4.69) is 21.2 Å². The van der Waals surface area contributed by atoms with Crippen LogP contribution >= 0.6 is 15.9 Å². The Labute approximate surface area is 213 Å². The monoisotopic (exact) mass is 545 g/mol. The van der Waals surface area contributed by atoms with Gasteiger partial charge in [0, 0.05) is 26.9 Å². The molecule has 0 unspecified atom stereocenters. The van der Waals surface area contributed by atoms with Crippen molar-refractivity contribution in [3.63, 3.8) is 0 Å². The van der Waals surface area contributed by atoms with Gasteiger partial charge in [-0.2, -0.15) is 0 Å². The number of rotatable bonds is 6. The third kappa shape index (κ3) is 4.43. The van der Waals surface area contributed by atoms with Crippen molar-refractivity contribution in [2.75, 3.05) is 0 Å². The molecule has 0 saturated heterocycles. The van der Waals surface area contributed by atoms with E-state index in [0.717, 1.165) is 21.0 Å². The Morgan fingerprint density at radius 3 is 2.42 bits per heavy atom. The number of carboxylic acids is 1. The smallest absolute Gasteiger partial charge is 0.340 e. The minimum Gasteiger partial charge on any atom is -0.479 e. The topological polar surface area (TPSA) is 110 Å². The summed E-state index contributed by atoms with van der Waals surface area (Å²) in [7, 11) is 0. The lowest BCUT2D eigenvalue weighted by Gasteiger charge is -2.15. The number of benzene rings is 3. The molecule has 0 aliphatic rings. The highest BCUT2D eigenvalue weighted by molar-refractivity contribution is 9.10. The number of carbonyl (C=O) groups excluding carboxylic acids is 1. The Hall–Kier alpha value is -4.17. The van der Waals surface area contributed by atoms with Gasteiger partial charge in [-0.05, 0) is 41.8 Å². The quantitative estimate of drug-likeness (QED) is 0.262. The van der Waals surface area contributed by atoms with E-state index in [-0.39, 0.29) is 12.0 Å². The third-order valence-electron chi connectivity index (χ3n) is 6.16. The fourth-order valence-corrected chi connectivity index (χ4v) is 4.54. The summed E-state index contributed by atoms with van der Waals surface area (Å²) in [5.41, 5.74) is 3.31. The molecule has 0 fully saturated rings. The lowest BCUT2D eigenvalue weighted by Crippen LogP contribution is -2.35. The molecule has 7 nitrogen and oxygen atoms in total. The second-order valence-corrected chi connectivity index (χ2v) is 9.34. The summed E-state index contributed by atoms with van der Waals surface area (Å²) < 4.78 is 12.2. The molecular weight excluding hydrogens is 526 g/mol. The SMILES string of the molecule is Cc1c(CC(=O)N[C@@H](C(=O)O)c2ccccc2)c(=O)oc2cc3occ(-c4ccc(Br)cc4)c3cc12. The Kier molecular flexibility index (Phi) is 6.20. The highest BCUT2D eigenvalue weighted by Gasteiger charge is 2.24. The number of hydrogen-bond donors (Lipinski definition) is 2. The first-order chi connectivity index (χ1) is 17.3. The molecule has 8 heteroatoms. The largest absolute Gasteiger partial charge is 0.479 e. The van der Waals surface area contributed by atoms with Gasteiger partial charge in [0.25, 0.3) is 0 Å². The van der Waals surface area contributed by atoms with Crippen molar-refractivity contribution in [3.05, 3.63) is 105 Å². The van der Waals surface area contributed by atoms with Gasteiger partial charge in [0.15, 0.2) is 6.04 Å². The van der Waals surface area contributed by atoms with Crippen molar-refractivity contribution >= 4 is 49.7 Å². The number of amides is 1. The predicted molar refractivity (Wildman–Crippen MR) is 139 cm³/mol. The molecule has 36 heavy (non-hydrogen) atoms. The van der Waals surface area contributed by atoms with Crippen LogP contribution in [0.1, 0.15) is 22.7 Å². The van der Waals surface area contributed by atoms with Gasteiger partial charge in [-0.25, -0.2) is 9.59 Å². The highest BCUT2D eigenvalue weighted by atomic mass is 79.9. The van der Waals surface area contributed by atoms with Crippen molar-refractivity contribution in [3.8, 4) is 11.1 Å². The second-order valence-electron chi connectivity index (χ2n) is 8.42. The van der Waals surface area contributed by atoms with Crippen LogP contribution in [0.4, 0.5) is 0 Å². The zero-order valence-corrected chi connectivity index (χ0v) is 20.7. The minimum absolute atomic E-state index is 0.172. The van der Waals surface area contributed by atoms with Crippen molar-refractivity contribution in [1.82, 2.24) is 5.32 Å². The minimum atomic E-state index is -1.23. The normalized spacial score (nSPS) is 12.1. The van der Waals surface area contributed by atoms with E-state index in [1.54, 1.807) is 49.6 Å². The van der Waals surface area contributed by atoms with Crippen molar-refractivity contribution in [2.24, 2.45) is 0 Å². The van der Waals surface area contributed by atoms with E-state index in [1.165, 1.54) is 0 Å². The zero-order chi connectivity index (χ0) is 25.4. The Bertz CT molecular complexity index is 1670. The summed E-state index contributed by atoms with van der Waals surface area (Å²) >= 11 is 3.44. The maximum absolute atomic E-state index is 12.8. The van der Waals surface area contributed by atoms with E-state index in [1.807, 2.05) is 30.3 Å². The summed E-state index contributed by atoms with van der Waals surface area (Å²) in [4.78, 5) is 37.3. The van der Waals surface area contributed by atoms with Gasteiger partial charge >= 0.3 is 11.6 Å². The first-order valence-electron chi connectivity index (χ1n) is 11.1. The Morgan fingerprint density at radius 2 is 1.72 bits per heavy atom. The number of halogens is 1. The van der Waals surface area contributed by atoms with Crippen LogP contribution in [0.25, 0.3) is 33.1 Å². The molecule has 1 atom stereocenters. The van der Waals surface area contributed by atoms with E-state index in [4.69, 9.17) is 8.83 Å². The fraction of sp³-hybridized carbons (Fsp3) is 0.107. The number of furan rings is 1. The van der Waals surface area contributed by atoms with Crippen LogP contribution in [0, 0.1) is 6.92 Å². The summed E-state index contributed by atoms with van der Waals surface area (Å²) in [6.07, 6.45) is 1.34. The average molecular weight is 546 g/mol. The van der Waals surface area contributed by atoms with Crippen LogP contribution in [-0.4, -0.2) is 17.0 Å². The number of nitrogens with one attached hydrogen (secondary N) is 1. The van der Waals surface area contributed by atoms with Crippen LogP contribution in [0.15, 0.2) is 91.1 Å². The molecule has 0 saturated carbocycles. The lowest BCUT2D eigenvalue weighted by molar-refractivity contribution is -0.142. The zero-order valence-electron chi connectivity index (χ0n) is 19.1. The second kappa shape index (κ2) is 9.47. The molecule has 0 aliphatic carbocycles. The molecule has 2 N–H and O–H groups in total. The standard InChI is InChI=1S/C28H20BrNO6/c1-15-19-11-21-22(16-7-9-18(29)10-8-16)14-35-23(21)13-24(19)36-28(34)20(15)12-25(31)30-26(27(32)33)17-5-3-2-4-6-17/h2-11,13-14,26H,12H2,1H3,(H,30,31)(H,32,33)/t26-/m1/s1. The first-order valence-corrected chi connectivity index (χ1v) is 11.9. The summed E-state index contributed by atoms with van der Waals surface area (Å²) in [5.74, 6) is -1.79. The Morgan fingerprint density at radius 1 is 1.00 bits per heavy atom. The molecule has 5 rings (SSSR count). The van der Waals surface area contributed by atoms with Crippen LogP contribution in [-0.2, 0) is 16.0 Å². The summed E-state index contributed by atoms with van der Waals surface area (Å²) in [6, 6.07) is 18.5. The number of hydrogen-bond acceptors (Lipinski definition) is 5. The molecule has 0 aliphatic heterocycles. The molecule has 180 valence electrons. The lowest BCUT2D eigenvalue weighted by atomic mass is 9.99. The molecule has 1 amide bonds. The number of aliphatic carboxylic acids is 1. The summed E-state index contributed by atoms with van der Waals surface area (Å²) in [6.45, 7) is 1.75. The van der Waals surface area contributed by atoms with E-state index in [0.29, 0.717) is 27.7 Å².